The molecule has 1 amide bonds. The number of nitrogens with zero attached hydrogens (tertiary/aromatic N) is 1. The molecular formula is C19H22N2O4S. The maximum absolute atomic E-state index is 12.4. The molecule has 3 rings (SSSR count). The Bertz CT molecular complexity index is 754. The minimum absolute atomic E-state index is 0.144. The van der Waals surface area contributed by atoms with Crippen LogP contribution in [0, 0.1) is 0 Å². The number of ether oxygens (including phenoxy) is 2. The maximum Gasteiger partial charge on any atom is 0.350 e. The SMILES string of the molecule is CCOC(=O)c1sc(-c2ccccc2)cc1NC(=O)CN1CCOCC1. The van der Waals surface area contributed by atoms with Crippen LogP contribution in [0.2, 0.25) is 0 Å². The third kappa shape index (κ3) is 4.69. The van der Waals surface area contributed by atoms with Crippen molar-refractivity contribution in [2.24, 2.45) is 0 Å². The van der Waals surface area contributed by atoms with Crippen LogP contribution in [0.1, 0.15) is 16.6 Å². The van der Waals surface area contributed by atoms with Crippen molar-refractivity contribution in [1.29, 1.82) is 0 Å². The monoisotopic (exact) mass is 374 g/mol. The quantitative estimate of drug-likeness (QED) is 0.788. The van der Waals surface area contributed by atoms with Crippen LogP contribution in [-0.2, 0) is 14.3 Å². The molecule has 7 heteroatoms. The topological polar surface area (TPSA) is 67.9 Å². The van der Waals surface area contributed by atoms with Crippen molar-refractivity contribution < 1.29 is 19.1 Å². The van der Waals surface area contributed by atoms with E-state index in [2.05, 4.69) is 5.32 Å². The van der Waals surface area contributed by atoms with E-state index >= 15 is 0 Å². The van der Waals surface area contributed by atoms with Crippen molar-refractivity contribution in [3.05, 3.63) is 41.3 Å². The molecular weight excluding hydrogens is 352 g/mol. The van der Waals surface area contributed by atoms with Crippen molar-refractivity contribution in [3.8, 4) is 10.4 Å². The van der Waals surface area contributed by atoms with Gasteiger partial charge in [0.2, 0.25) is 5.91 Å². The highest BCUT2D eigenvalue weighted by molar-refractivity contribution is 7.18. The summed E-state index contributed by atoms with van der Waals surface area (Å²) in [6.45, 7) is 5.07. The summed E-state index contributed by atoms with van der Waals surface area (Å²) in [7, 11) is 0. The number of amides is 1. The van der Waals surface area contributed by atoms with E-state index in [0.717, 1.165) is 23.5 Å². The predicted molar refractivity (Wildman–Crippen MR) is 102 cm³/mol. The lowest BCUT2D eigenvalue weighted by Crippen LogP contribution is -2.41. The number of morpholine rings is 1. The van der Waals surface area contributed by atoms with Gasteiger partial charge in [-0.1, -0.05) is 30.3 Å². The highest BCUT2D eigenvalue weighted by Gasteiger charge is 2.21. The fraction of sp³-hybridized carbons (Fsp3) is 0.368. The van der Waals surface area contributed by atoms with Crippen LogP contribution in [0.5, 0.6) is 0 Å². The van der Waals surface area contributed by atoms with Crippen LogP contribution in [0.15, 0.2) is 36.4 Å². The minimum Gasteiger partial charge on any atom is -0.462 e. The Kier molecular flexibility index (Phi) is 6.38. The van der Waals surface area contributed by atoms with Crippen LogP contribution < -0.4 is 5.32 Å². The summed E-state index contributed by atoms with van der Waals surface area (Å²) >= 11 is 1.33. The maximum atomic E-state index is 12.4. The molecule has 1 aromatic carbocycles. The number of rotatable bonds is 6. The van der Waals surface area contributed by atoms with Gasteiger partial charge in [-0.3, -0.25) is 9.69 Å². The fourth-order valence-electron chi connectivity index (χ4n) is 2.73. The van der Waals surface area contributed by atoms with Crippen molar-refractivity contribution in [1.82, 2.24) is 4.90 Å². The molecule has 138 valence electrons. The Morgan fingerprint density at radius 2 is 1.96 bits per heavy atom. The molecule has 2 aromatic rings. The molecule has 0 radical (unpaired) electrons. The van der Waals surface area contributed by atoms with Gasteiger partial charge in [-0.15, -0.1) is 11.3 Å². The molecule has 0 atom stereocenters. The molecule has 0 bridgehead atoms. The number of esters is 1. The summed E-state index contributed by atoms with van der Waals surface area (Å²) in [5.74, 6) is -0.559. The van der Waals surface area contributed by atoms with Crippen molar-refractivity contribution >= 4 is 28.9 Å². The van der Waals surface area contributed by atoms with E-state index in [1.54, 1.807) is 6.92 Å². The van der Waals surface area contributed by atoms with Crippen LogP contribution in [0.4, 0.5) is 5.69 Å². The molecule has 1 aliphatic rings. The molecule has 0 unspecified atom stereocenters. The van der Waals surface area contributed by atoms with Crippen LogP contribution in [0.25, 0.3) is 10.4 Å². The Hall–Kier alpha value is -2.22. The average Bonchev–Trinajstić information content (AvgIpc) is 3.07. The van der Waals surface area contributed by atoms with E-state index in [1.165, 1.54) is 11.3 Å². The first-order valence-electron chi connectivity index (χ1n) is 8.63. The Balaban J connectivity index is 1.78. The van der Waals surface area contributed by atoms with Crippen LogP contribution >= 0.6 is 11.3 Å². The Labute approximate surface area is 156 Å². The molecule has 6 nitrogen and oxygen atoms in total. The van der Waals surface area contributed by atoms with E-state index in [0.29, 0.717) is 30.4 Å². The number of carbonyl (C=O) groups is 2. The second-order valence-corrected chi connectivity index (χ2v) is 6.93. The zero-order valence-corrected chi connectivity index (χ0v) is 15.5. The van der Waals surface area contributed by atoms with Gasteiger partial charge in [0, 0.05) is 18.0 Å². The lowest BCUT2D eigenvalue weighted by atomic mass is 10.2. The van der Waals surface area contributed by atoms with Gasteiger partial charge in [0.05, 0.1) is 32.1 Å². The van der Waals surface area contributed by atoms with Gasteiger partial charge in [-0.25, -0.2) is 4.79 Å². The molecule has 26 heavy (non-hydrogen) atoms. The molecule has 1 aromatic heterocycles. The summed E-state index contributed by atoms with van der Waals surface area (Å²) in [5, 5.41) is 2.88. The van der Waals surface area contributed by atoms with Gasteiger partial charge in [-0.05, 0) is 18.6 Å². The normalized spacial score (nSPS) is 14.8. The Morgan fingerprint density at radius 3 is 2.65 bits per heavy atom. The van der Waals surface area contributed by atoms with Gasteiger partial charge < -0.3 is 14.8 Å². The molecule has 2 heterocycles. The summed E-state index contributed by atoms with van der Waals surface area (Å²) in [6.07, 6.45) is 0. The van der Waals surface area contributed by atoms with Gasteiger partial charge in [0.25, 0.3) is 0 Å². The molecule has 1 saturated heterocycles. The summed E-state index contributed by atoms with van der Waals surface area (Å²) in [5.41, 5.74) is 1.50. The lowest BCUT2D eigenvalue weighted by Gasteiger charge is -2.25. The van der Waals surface area contributed by atoms with E-state index in [-0.39, 0.29) is 12.5 Å². The summed E-state index contributed by atoms with van der Waals surface area (Å²) in [6, 6.07) is 11.6. The average molecular weight is 374 g/mol. The molecule has 1 aliphatic heterocycles. The first-order chi connectivity index (χ1) is 12.7. The number of anilines is 1. The van der Waals surface area contributed by atoms with E-state index in [1.807, 2.05) is 41.3 Å². The third-order valence-corrected chi connectivity index (χ3v) is 5.16. The molecule has 0 saturated carbocycles. The molecule has 0 aliphatic carbocycles. The third-order valence-electron chi connectivity index (χ3n) is 4.00. The number of hydrogen-bond donors (Lipinski definition) is 1. The second-order valence-electron chi connectivity index (χ2n) is 5.88. The zero-order valence-electron chi connectivity index (χ0n) is 14.7. The number of benzene rings is 1. The van der Waals surface area contributed by atoms with Crippen molar-refractivity contribution in [2.75, 3.05) is 44.8 Å². The van der Waals surface area contributed by atoms with Gasteiger partial charge in [0.15, 0.2) is 0 Å². The minimum atomic E-state index is -0.415. The van der Waals surface area contributed by atoms with E-state index in [9.17, 15) is 9.59 Å². The van der Waals surface area contributed by atoms with E-state index in [4.69, 9.17) is 9.47 Å². The highest BCUT2D eigenvalue weighted by atomic mass is 32.1. The summed E-state index contributed by atoms with van der Waals surface area (Å²) in [4.78, 5) is 28.1. The number of thiophene rings is 1. The predicted octanol–water partition coefficient (Wildman–Crippen LogP) is 2.86. The number of hydrogen-bond acceptors (Lipinski definition) is 6. The number of nitrogens with one attached hydrogen (secondary N) is 1. The van der Waals surface area contributed by atoms with Crippen LogP contribution in [0.3, 0.4) is 0 Å². The lowest BCUT2D eigenvalue weighted by molar-refractivity contribution is -0.118. The first-order valence-corrected chi connectivity index (χ1v) is 9.45. The zero-order chi connectivity index (χ0) is 18.4. The van der Waals surface area contributed by atoms with Gasteiger partial charge >= 0.3 is 5.97 Å². The van der Waals surface area contributed by atoms with Gasteiger partial charge in [0.1, 0.15) is 4.88 Å². The molecule has 1 N–H and O–H groups in total. The first kappa shape index (κ1) is 18.6. The number of carbonyl (C=O) groups excluding carboxylic acids is 2. The Morgan fingerprint density at radius 1 is 1.23 bits per heavy atom. The molecule has 0 spiro atoms. The smallest absolute Gasteiger partial charge is 0.350 e. The standard InChI is InChI=1S/C19H22N2O4S/c1-2-25-19(23)18-15(12-16(26-18)14-6-4-3-5-7-14)20-17(22)13-21-8-10-24-11-9-21/h3-7,12H,2,8-11,13H2,1H3,(H,20,22). The van der Waals surface area contributed by atoms with Crippen molar-refractivity contribution in [2.45, 2.75) is 6.92 Å². The second kappa shape index (κ2) is 8.93. The largest absolute Gasteiger partial charge is 0.462 e. The van der Waals surface area contributed by atoms with Crippen molar-refractivity contribution in [3.63, 3.8) is 0 Å². The van der Waals surface area contributed by atoms with E-state index < -0.39 is 5.97 Å². The van der Waals surface area contributed by atoms with Gasteiger partial charge in [-0.2, -0.15) is 0 Å². The fourth-order valence-corrected chi connectivity index (χ4v) is 3.74. The van der Waals surface area contributed by atoms with Crippen LogP contribution in [-0.4, -0.2) is 56.2 Å². The molecule has 1 fully saturated rings. The summed E-state index contributed by atoms with van der Waals surface area (Å²) < 4.78 is 10.4. The highest BCUT2D eigenvalue weighted by Crippen LogP contribution is 2.35.